The molecular formula is C10H7BrO2. The van der Waals surface area contributed by atoms with Crippen molar-refractivity contribution in [1.29, 1.82) is 0 Å². The van der Waals surface area contributed by atoms with Gasteiger partial charge in [0.1, 0.15) is 11.9 Å². The number of para-hydroxylation sites is 1. The van der Waals surface area contributed by atoms with Gasteiger partial charge in [0, 0.05) is 17.4 Å². The van der Waals surface area contributed by atoms with Gasteiger partial charge < -0.3 is 9.21 Å². The SMILES string of the molecule is O=CCc1coc2c(Br)cccc12. The fourth-order valence-corrected chi connectivity index (χ4v) is 1.78. The van der Waals surface area contributed by atoms with Crippen molar-refractivity contribution in [2.75, 3.05) is 0 Å². The van der Waals surface area contributed by atoms with Crippen LogP contribution in [0.4, 0.5) is 0 Å². The number of aldehydes is 1. The first-order chi connectivity index (χ1) is 6.33. The summed E-state index contributed by atoms with van der Waals surface area (Å²) >= 11 is 3.38. The van der Waals surface area contributed by atoms with Crippen molar-refractivity contribution in [2.24, 2.45) is 0 Å². The minimum Gasteiger partial charge on any atom is -0.463 e. The lowest BCUT2D eigenvalue weighted by molar-refractivity contribution is -0.107. The van der Waals surface area contributed by atoms with Crippen molar-refractivity contribution < 1.29 is 9.21 Å². The fraction of sp³-hybridized carbons (Fsp3) is 0.100. The summed E-state index contributed by atoms with van der Waals surface area (Å²) in [7, 11) is 0. The maximum Gasteiger partial charge on any atom is 0.148 e. The van der Waals surface area contributed by atoms with Crippen LogP contribution in [-0.2, 0) is 11.2 Å². The van der Waals surface area contributed by atoms with Crippen molar-refractivity contribution in [1.82, 2.24) is 0 Å². The lowest BCUT2D eigenvalue weighted by Gasteiger charge is -1.92. The van der Waals surface area contributed by atoms with E-state index in [0.29, 0.717) is 6.42 Å². The first-order valence-corrected chi connectivity index (χ1v) is 4.70. The minimum absolute atomic E-state index is 0.406. The average molecular weight is 239 g/mol. The van der Waals surface area contributed by atoms with Gasteiger partial charge in [-0.2, -0.15) is 0 Å². The van der Waals surface area contributed by atoms with Crippen LogP contribution in [0.25, 0.3) is 11.0 Å². The molecule has 2 rings (SSSR count). The number of hydrogen-bond acceptors (Lipinski definition) is 2. The molecule has 0 spiro atoms. The van der Waals surface area contributed by atoms with Gasteiger partial charge in [-0.25, -0.2) is 0 Å². The molecule has 1 heterocycles. The highest BCUT2D eigenvalue weighted by Crippen LogP contribution is 2.27. The molecule has 0 aliphatic rings. The third-order valence-corrected chi connectivity index (χ3v) is 2.56. The number of halogens is 1. The van der Waals surface area contributed by atoms with E-state index in [4.69, 9.17) is 4.42 Å². The number of carbonyl (C=O) groups excluding carboxylic acids is 1. The molecule has 0 atom stereocenters. The van der Waals surface area contributed by atoms with Crippen molar-refractivity contribution in [3.05, 3.63) is 34.5 Å². The highest BCUT2D eigenvalue weighted by molar-refractivity contribution is 9.10. The molecule has 66 valence electrons. The molecule has 0 saturated carbocycles. The predicted octanol–water partition coefficient (Wildman–Crippen LogP) is 2.94. The monoisotopic (exact) mass is 238 g/mol. The number of furan rings is 1. The largest absolute Gasteiger partial charge is 0.463 e. The Kier molecular flexibility index (Phi) is 2.19. The zero-order chi connectivity index (χ0) is 9.26. The number of carbonyl (C=O) groups is 1. The standard InChI is InChI=1S/C10H7BrO2/c11-9-3-1-2-8-7(4-5-12)6-13-10(8)9/h1-3,5-6H,4H2. The van der Waals surface area contributed by atoms with Gasteiger partial charge in [-0.15, -0.1) is 0 Å². The molecular weight excluding hydrogens is 232 g/mol. The van der Waals surface area contributed by atoms with Gasteiger partial charge in [-0.1, -0.05) is 12.1 Å². The van der Waals surface area contributed by atoms with E-state index in [2.05, 4.69) is 15.9 Å². The van der Waals surface area contributed by atoms with E-state index in [-0.39, 0.29) is 0 Å². The molecule has 0 unspecified atom stereocenters. The van der Waals surface area contributed by atoms with Crippen molar-refractivity contribution in [3.8, 4) is 0 Å². The minimum atomic E-state index is 0.406. The number of hydrogen-bond donors (Lipinski definition) is 0. The molecule has 1 aromatic carbocycles. The number of benzene rings is 1. The zero-order valence-corrected chi connectivity index (χ0v) is 8.37. The van der Waals surface area contributed by atoms with E-state index in [1.807, 2.05) is 18.2 Å². The molecule has 0 aliphatic carbocycles. The molecule has 2 aromatic rings. The second kappa shape index (κ2) is 3.34. The molecule has 2 nitrogen and oxygen atoms in total. The van der Waals surface area contributed by atoms with E-state index in [1.165, 1.54) is 0 Å². The van der Waals surface area contributed by atoms with E-state index < -0.39 is 0 Å². The molecule has 0 fully saturated rings. The summed E-state index contributed by atoms with van der Waals surface area (Å²) in [6.45, 7) is 0. The van der Waals surface area contributed by atoms with Crippen LogP contribution in [-0.4, -0.2) is 6.29 Å². The van der Waals surface area contributed by atoms with Crippen LogP contribution in [0.1, 0.15) is 5.56 Å². The maximum absolute atomic E-state index is 10.3. The predicted molar refractivity (Wildman–Crippen MR) is 53.7 cm³/mol. The van der Waals surface area contributed by atoms with Gasteiger partial charge in [-0.05, 0) is 22.0 Å². The normalized spacial score (nSPS) is 10.5. The summed E-state index contributed by atoms with van der Waals surface area (Å²) in [5, 5.41) is 1.00. The summed E-state index contributed by atoms with van der Waals surface area (Å²) in [6, 6.07) is 5.79. The quantitative estimate of drug-likeness (QED) is 0.754. The van der Waals surface area contributed by atoms with Gasteiger partial charge >= 0.3 is 0 Å². The van der Waals surface area contributed by atoms with E-state index in [0.717, 1.165) is 27.3 Å². The highest BCUT2D eigenvalue weighted by atomic mass is 79.9. The third-order valence-electron chi connectivity index (χ3n) is 1.94. The summed E-state index contributed by atoms with van der Waals surface area (Å²) in [5.41, 5.74) is 1.74. The molecule has 0 aliphatic heterocycles. The van der Waals surface area contributed by atoms with Crippen LogP contribution in [0.15, 0.2) is 33.4 Å². The zero-order valence-electron chi connectivity index (χ0n) is 6.79. The van der Waals surface area contributed by atoms with E-state index in [9.17, 15) is 4.79 Å². The summed E-state index contributed by atoms with van der Waals surface area (Å²) in [4.78, 5) is 10.3. The molecule has 0 saturated heterocycles. The number of rotatable bonds is 2. The average Bonchev–Trinajstić information content (AvgIpc) is 2.51. The second-order valence-electron chi connectivity index (χ2n) is 2.75. The molecule has 3 heteroatoms. The van der Waals surface area contributed by atoms with Crippen LogP contribution in [0.3, 0.4) is 0 Å². The topological polar surface area (TPSA) is 30.2 Å². The Balaban J connectivity index is 2.67. The van der Waals surface area contributed by atoms with Crippen LogP contribution in [0, 0.1) is 0 Å². The highest BCUT2D eigenvalue weighted by Gasteiger charge is 2.06. The third kappa shape index (κ3) is 1.40. The number of fused-ring (bicyclic) bond motifs is 1. The molecule has 1 aromatic heterocycles. The summed E-state index contributed by atoms with van der Waals surface area (Å²) in [5.74, 6) is 0. The van der Waals surface area contributed by atoms with E-state index >= 15 is 0 Å². The Hall–Kier alpha value is -1.09. The lowest BCUT2D eigenvalue weighted by atomic mass is 10.1. The Bertz CT molecular complexity index is 445. The Morgan fingerprint density at radius 3 is 3.08 bits per heavy atom. The van der Waals surface area contributed by atoms with Gasteiger partial charge in [-0.3, -0.25) is 0 Å². The Morgan fingerprint density at radius 1 is 1.46 bits per heavy atom. The van der Waals surface area contributed by atoms with Gasteiger partial charge in [0.15, 0.2) is 0 Å². The molecule has 0 N–H and O–H groups in total. The molecule has 0 radical (unpaired) electrons. The molecule has 0 bridgehead atoms. The first-order valence-electron chi connectivity index (χ1n) is 3.91. The van der Waals surface area contributed by atoms with Gasteiger partial charge in [0.2, 0.25) is 0 Å². The molecule has 13 heavy (non-hydrogen) atoms. The second-order valence-corrected chi connectivity index (χ2v) is 3.60. The van der Waals surface area contributed by atoms with Crippen LogP contribution >= 0.6 is 15.9 Å². The molecule has 0 amide bonds. The van der Waals surface area contributed by atoms with Gasteiger partial charge in [0.25, 0.3) is 0 Å². The van der Waals surface area contributed by atoms with Crippen molar-refractivity contribution in [3.63, 3.8) is 0 Å². The van der Waals surface area contributed by atoms with Crippen LogP contribution < -0.4 is 0 Å². The fourth-order valence-electron chi connectivity index (χ4n) is 1.32. The maximum atomic E-state index is 10.3. The Morgan fingerprint density at radius 2 is 2.31 bits per heavy atom. The first kappa shape index (κ1) is 8.51. The van der Waals surface area contributed by atoms with Gasteiger partial charge in [0.05, 0.1) is 10.7 Å². The Labute approximate surface area is 83.7 Å². The van der Waals surface area contributed by atoms with Crippen LogP contribution in [0.5, 0.6) is 0 Å². The lowest BCUT2D eigenvalue weighted by Crippen LogP contribution is -1.81. The summed E-state index contributed by atoms with van der Waals surface area (Å²) in [6.07, 6.45) is 2.92. The summed E-state index contributed by atoms with van der Waals surface area (Å²) < 4.78 is 6.25. The smallest absolute Gasteiger partial charge is 0.148 e. The van der Waals surface area contributed by atoms with Crippen LogP contribution in [0.2, 0.25) is 0 Å². The van der Waals surface area contributed by atoms with E-state index in [1.54, 1.807) is 6.26 Å². The van der Waals surface area contributed by atoms with Crippen molar-refractivity contribution in [2.45, 2.75) is 6.42 Å². The van der Waals surface area contributed by atoms with Crippen molar-refractivity contribution >= 4 is 33.2 Å².